The summed E-state index contributed by atoms with van der Waals surface area (Å²) in [5.41, 5.74) is 2.09. The minimum absolute atomic E-state index is 0.690. The maximum absolute atomic E-state index is 4.48. The first-order valence-electron chi connectivity index (χ1n) is 8.57. The third kappa shape index (κ3) is 2.83. The molecule has 2 aromatic rings. The Bertz CT molecular complexity index is 677. The summed E-state index contributed by atoms with van der Waals surface area (Å²) in [4.78, 5) is 5.03. The average Bonchev–Trinajstić information content (AvgIpc) is 3.07. The van der Waals surface area contributed by atoms with E-state index in [1.54, 1.807) is 0 Å². The van der Waals surface area contributed by atoms with E-state index in [1.807, 2.05) is 24.6 Å². The third-order valence-corrected chi connectivity index (χ3v) is 4.99. The highest BCUT2D eigenvalue weighted by Crippen LogP contribution is 2.24. The van der Waals surface area contributed by atoms with E-state index in [9.17, 15) is 0 Å². The molecule has 0 bridgehead atoms. The molecule has 4 rings (SSSR count). The fourth-order valence-corrected chi connectivity index (χ4v) is 3.88. The maximum atomic E-state index is 4.48. The lowest BCUT2D eigenvalue weighted by Crippen LogP contribution is -2.37. The van der Waals surface area contributed by atoms with Gasteiger partial charge in [0.1, 0.15) is 0 Å². The van der Waals surface area contributed by atoms with Crippen molar-refractivity contribution in [3.05, 3.63) is 29.6 Å². The van der Waals surface area contributed by atoms with Gasteiger partial charge in [-0.3, -0.25) is 4.90 Å². The molecule has 0 unspecified atom stereocenters. The highest BCUT2D eigenvalue weighted by Gasteiger charge is 2.29. The average molecular weight is 312 g/mol. The molecular weight excluding hydrogens is 288 g/mol. The van der Waals surface area contributed by atoms with E-state index in [1.165, 1.54) is 32.4 Å². The zero-order valence-electron chi connectivity index (χ0n) is 13.9. The van der Waals surface area contributed by atoms with Crippen LogP contribution in [0.5, 0.6) is 0 Å². The Morgan fingerprint density at radius 2 is 1.78 bits per heavy atom. The van der Waals surface area contributed by atoms with Gasteiger partial charge in [0.25, 0.3) is 0 Å². The second-order valence-corrected chi connectivity index (χ2v) is 6.72. The predicted molar refractivity (Wildman–Crippen MR) is 90.1 cm³/mol. The Balaban J connectivity index is 1.54. The smallest absolute Gasteiger partial charge is 0.176 e. The van der Waals surface area contributed by atoms with Gasteiger partial charge in [0.15, 0.2) is 11.6 Å². The quantitative estimate of drug-likeness (QED) is 0.848. The largest absolute Gasteiger partial charge is 0.354 e. The molecule has 0 aromatic carbocycles. The van der Waals surface area contributed by atoms with Gasteiger partial charge in [0.05, 0.1) is 5.69 Å². The van der Waals surface area contributed by atoms with Gasteiger partial charge in [-0.05, 0) is 57.9 Å². The minimum Gasteiger partial charge on any atom is -0.354 e. The lowest BCUT2D eigenvalue weighted by atomic mass is 10.2. The van der Waals surface area contributed by atoms with E-state index in [0.29, 0.717) is 6.04 Å². The van der Waals surface area contributed by atoms with Crippen LogP contribution in [0.3, 0.4) is 0 Å². The Morgan fingerprint density at radius 1 is 1.00 bits per heavy atom. The lowest BCUT2D eigenvalue weighted by Gasteiger charge is -2.26. The first kappa shape index (κ1) is 14.6. The molecule has 6 heteroatoms. The Morgan fingerprint density at radius 3 is 2.52 bits per heavy atom. The van der Waals surface area contributed by atoms with Crippen molar-refractivity contribution in [2.45, 2.75) is 39.2 Å². The van der Waals surface area contributed by atoms with Gasteiger partial charge in [0.2, 0.25) is 0 Å². The Hall–Kier alpha value is -1.95. The summed E-state index contributed by atoms with van der Waals surface area (Å²) in [6.07, 6.45) is 3.85. The zero-order valence-corrected chi connectivity index (χ0v) is 13.9. The molecule has 2 aliphatic rings. The van der Waals surface area contributed by atoms with Crippen molar-refractivity contribution in [1.82, 2.24) is 24.9 Å². The Labute approximate surface area is 137 Å². The molecule has 0 radical (unpaired) electrons. The SMILES string of the molecule is Cc1cc(C)n(-c2ccc(N3CCCN4CCC[C@H]4C3)nn2)n1. The Kier molecular flexibility index (Phi) is 3.77. The van der Waals surface area contributed by atoms with Gasteiger partial charge in [-0.25, -0.2) is 4.68 Å². The van der Waals surface area contributed by atoms with Crippen LogP contribution in [0.1, 0.15) is 30.7 Å². The number of hydrogen-bond donors (Lipinski definition) is 0. The highest BCUT2D eigenvalue weighted by molar-refractivity contribution is 5.40. The minimum atomic E-state index is 0.690. The number of rotatable bonds is 2. The molecule has 23 heavy (non-hydrogen) atoms. The second kappa shape index (κ2) is 5.92. The van der Waals surface area contributed by atoms with Crippen molar-refractivity contribution in [3.63, 3.8) is 0 Å². The molecule has 0 amide bonds. The van der Waals surface area contributed by atoms with Gasteiger partial charge in [-0.1, -0.05) is 0 Å². The molecular formula is C17H24N6. The summed E-state index contributed by atoms with van der Waals surface area (Å²) < 4.78 is 1.85. The van der Waals surface area contributed by atoms with Gasteiger partial charge in [0, 0.05) is 31.4 Å². The van der Waals surface area contributed by atoms with Crippen LogP contribution in [0.4, 0.5) is 5.82 Å². The first-order chi connectivity index (χ1) is 11.2. The number of aromatic nitrogens is 4. The van der Waals surface area contributed by atoms with Crippen molar-refractivity contribution < 1.29 is 0 Å². The molecule has 6 nitrogen and oxygen atoms in total. The van der Waals surface area contributed by atoms with Gasteiger partial charge < -0.3 is 4.90 Å². The zero-order chi connectivity index (χ0) is 15.8. The first-order valence-corrected chi connectivity index (χ1v) is 8.57. The van der Waals surface area contributed by atoms with Crippen molar-refractivity contribution in [3.8, 4) is 5.82 Å². The van der Waals surface area contributed by atoms with Crippen molar-refractivity contribution in [2.75, 3.05) is 31.1 Å². The fourth-order valence-electron chi connectivity index (χ4n) is 3.88. The van der Waals surface area contributed by atoms with Crippen LogP contribution in [0.15, 0.2) is 18.2 Å². The molecule has 2 aliphatic heterocycles. The van der Waals surface area contributed by atoms with Gasteiger partial charge in [-0.2, -0.15) is 5.10 Å². The summed E-state index contributed by atoms with van der Waals surface area (Å²) in [6, 6.07) is 6.86. The molecule has 0 saturated carbocycles. The van der Waals surface area contributed by atoms with Crippen LogP contribution in [0.2, 0.25) is 0 Å². The van der Waals surface area contributed by atoms with Crippen LogP contribution >= 0.6 is 0 Å². The second-order valence-electron chi connectivity index (χ2n) is 6.72. The summed E-state index contributed by atoms with van der Waals surface area (Å²) in [7, 11) is 0. The van der Waals surface area contributed by atoms with Crippen LogP contribution < -0.4 is 4.90 Å². The maximum Gasteiger partial charge on any atom is 0.176 e. The molecule has 0 aliphatic carbocycles. The molecule has 2 fully saturated rings. The normalized spacial score (nSPS) is 22.2. The summed E-state index contributed by atoms with van der Waals surface area (Å²) in [5, 5.41) is 13.4. The predicted octanol–water partition coefficient (Wildman–Crippen LogP) is 1.95. The van der Waals surface area contributed by atoms with Crippen molar-refractivity contribution in [2.24, 2.45) is 0 Å². The third-order valence-electron chi connectivity index (χ3n) is 4.99. The van der Waals surface area contributed by atoms with Crippen LogP contribution in [-0.4, -0.2) is 57.1 Å². The fraction of sp³-hybridized carbons (Fsp3) is 0.588. The van der Waals surface area contributed by atoms with Crippen LogP contribution in [0, 0.1) is 13.8 Å². The number of nitrogens with zero attached hydrogens (tertiary/aromatic N) is 6. The number of anilines is 1. The molecule has 4 heterocycles. The number of hydrogen-bond acceptors (Lipinski definition) is 5. The van der Waals surface area contributed by atoms with Crippen molar-refractivity contribution in [1.29, 1.82) is 0 Å². The number of fused-ring (bicyclic) bond motifs is 1. The molecule has 2 aromatic heterocycles. The van der Waals surface area contributed by atoms with E-state index in [-0.39, 0.29) is 0 Å². The topological polar surface area (TPSA) is 50.1 Å². The molecule has 1 atom stereocenters. The standard InChI is InChI=1S/C17H24N6/c1-13-11-14(2)23(20-13)17-7-6-16(18-19-17)22-10-4-9-21-8-3-5-15(21)12-22/h6-7,11,15H,3-5,8-10,12H2,1-2H3/t15-/m0/s1. The van der Waals surface area contributed by atoms with E-state index < -0.39 is 0 Å². The van der Waals surface area contributed by atoms with E-state index >= 15 is 0 Å². The van der Waals surface area contributed by atoms with Crippen LogP contribution in [0.25, 0.3) is 5.82 Å². The van der Waals surface area contributed by atoms with Crippen molar-refractivity contribution >= 4 is 5.82 Å². The monoisotopic (exact) mass is 312 g/mol. The van der Waals surface area contributed by atoms with E-state index in [2.05, 4.69) is 37.2 Å². The van der Waals surface area contributed by atoms with E-state index in [4.69, 9.17) is 0 Å². The molecule has 0 N–H and O–H groups in total. The lowest BCUT2D eigenvalue weighted by molar-refractivity contribution is 0.273. The van der Waals surface area contributed by atoms with Gasteiger partial charge in [-0.15, -0.1) is 10.2 Å². The summed E-state index contributed by atoms with van der Waals surface area (Å²) >= 11 is 0. The van der Waals surface area contributed by atoms with Gasteiger partial charge >= 0.3 is 0 Å². The number of aryl methyl sites for hydroxylation is 2. The summed E-state index contributed by atoms with van der Waals surface area (Å²) in [5.74, 6) is 1.78. The van der Waals surface area contributed by atoms with E-state index in [0.717, 1.165) is 36.1 Å². The molecule has 122 valence electrons. The highest BCUT2D eigenvalue weighted by atomic mass is 15.4. The molecule has 2 saturated heterocycles. The van der Waals surface area contributed by atoms with Crippen LogP contribution in [-0.2, 0) is 0 Å². The molecule has 0 spiro atoms. The summed E-state index contributed by atoms with van der Waals surface area (Å²) in [6.45, 7) is 8.67.